The number of ketones is 1. The van der Waals surface area contributed by atoms with Crippen molar-refractivity contribution in [3.63, 3.8) is 0 Å². The molecule has 1 aromatic heterocycles. The maximum absolute atomic E-state index is 13.1. The average molecular weight is 1030 g/mol. The van der Waals surface area contributed by atoms with Gasteiger partial charge in [-0.05, 0) is 13.0 Å². The van der Waals surface area contributed by atoms with Crippen molar-refractivity contribution in [2.24, 2.45) is 11.8 Å². The standard InChI is InChI=1S/C38H54N6O17.3Na.H2O4S/c1-5-22-25-26(23(6-2)59-22)35(52)44(34(25)51)11-14-55-12-9-42(24(46)8-7-19(3)45)17-21-18-43(41-40-21)10-13-56-15-16-57-38-31(50)30(49)32(33(61-38)36(53)54)60-37-27(39)29(48)28(47)20(4)58-37;;;;1-5(2,3)4/h5-6,18,20,22-23,25-33,37-39,47-50H,1-2,4,7-17H2,3H3,(H,53,54);;;;(H2,1,2,3,4)/q-2;3*+1;/p-2/t20?,22-,23+,25+,26-,27?,28-,29-,30-,31?,32+,33?,37-,38-;;;;/m1..../s1. The number of aliphatic carboxylic acids is 1. The normalized spacial score (nSPS) is 30.7. The summed E-state index contributed by atoms with van der Waals surface area (Å²) in [4.78, 5) is 65.2. The fourth-order valence-corrected chi connectivity index (χ4v) is 7.32. The van der Waals surface area contributed by atoms with Crippen molar-refractivity contribution in [3.8, 4) is 0 Å². The van der Waals surface area contributed by atoms with Gasteiger partial charge in [0.15, 0.2) is 6.29 Å². The van der Waals surface area contributed by atoms with Gasteiger partial charge >= 0.3 is 88.7 Å². The largest absolute Gasteiger partial charge is 1.00 e. The van der Waals surface area contributed by atoms with Crippen molar-refractivity contribution < 1.29 is 189 Å². The number of hydrogen-bond acceptors (Lipinski definition) is 22. The fourth-order valence-electron chi connectivity index (χ4n) is 7.32. The van der Waals surface area contributed by atoms with Gasteiger partial charge in [-0.1, -0.05) is 23.4 Å². The molecule has 4 unspecified atom stereocenters. The molecular weight excluding hydrogens is 977 g/mol. The molecule has 372 valence electrons. The van der Waals surface area contributed by atoms with Crippen LogP contribution in [0.3, 0.4) is 0 Å². The van der Waals surface area contributed by atoms with Gasteiger partial charge in [0.1, 0.15) is 42.2 Å². The van der Waals surface area contributed by atoms with E-state index in [4.69, 9.17) is 56.4 Å². The molecule has 4 fully saturated rings. The van der Waals surface area contributed by atoms with E-state index in [1.807, 2.05) is 0 Å². The molecule has 31 heteroatoms. The van der Waals surface area contributed by atoms with Gasteiger partial charge in [-0.15, -0.1) is 18.3 Å². The number of nitrogens with zero attached hydrogens (tertiary/aromatic N) is 5. The maximum atomic E-state index is 13.1. The third-order valence-electron chi connectivity index (χ3n) is 10.7. The van der Waals surface area contributed by atoms with Gasteiger partial charge in [-0.2, -0.15) is 0 Å². The second-order valence-electron chi connectivity index (χ2n) is 15.3. The monoisotopic (exact) mass is 1030 g/mol. The van der Waals surface area contributed by atoms with E-state index in [1.165, 1.54) is 28.7 Å². The first-order valence-electron chi connectivity index (χ1n) is 20.4. The number of likely N-dealkylation sites (tertiary alicyclic amines) is 1. The molecule has 14 atom stereocenters. The number of carboxylic acids is 1. The number of carbonyl (C=O) groups excluding carboxylic acids is 5. The fraction of sp³-hybridized carbons (Fsp3) is 0.684. The Morgan fingerprint density at radius 3 is 2.03 bits per heavy atom. The van der Waals surface area contributed by atoms with Crippen LogP contribution in [0.25, 0.3) is 5.73 Å². The van der Waals surface area contributed by atoms with Crippen molar-refractivity contribution >= 4 is 39.9 Å². The molecule has 5 heterocycles. The van der Waals surface area contributed by atoms with Gasteiger partial charge in [0.05, 0.1) is 101 Å². The number of imide groups is 1. The van der Waals surface area contributed by atoms with Crippen molar-refractivity contribution in [3.05, 3.63) is 49.9 Å². The summed E-state index contributed by atoms with van der Waals surface area (Å²) in [5.74, 6) is -4.38. The molecule has 0 bridgehead atoms. The first kappa shape index (κ1) is 65.8. The Balaban J connectivity index is 0.00000282. The topological polar surface area (TPSA) is 392 Å². The van der Waals surface area contributed by atoms with Crippen molar-refractivity contribution in [2.45, 2.75) is 106 Å². The minimum atomic E-state index is -4.92. The van der Waals surface area contributed by atoms with Gasteiger partial charge in [-0.25, -0.2) is 13.1 Å². The number of hydrogen-bond donors (Lipinski definition) is 5. The molecule has 1 aromatic rings. The van der Waals surface area contributed by atoms with E-state index < -0.39 is 102 Å². The average Bonchev–Trinajstić information content (AvgIpc) is 3.94. The molecule has 0 radical (unpaired) electrons. The number of nitrogens with one attached hydrogen (secondary N) is 1. The molecule has 4 aliphatic heterocycles. The number of aromatic nitrogens is 3. The van der Waals surface area contributed by atoms with Crippen molar-refractivity contribution in [1.29, 1.82) is 0 Å². The Labute approximate surface area is 463 Å². The van der Waals surface area contributed by atoms with E-state index in [9.17, 15) is 49.5 Å². The van der Waals surface area contributed by atoms with Crippen molar-refractivity contribution in [2.75, 3.05) is 46.1 Å². The van der Waals surface area contributed by atoms with E-state index in [0.717, 1.165) is 4.90 Å². The van der Waals surface area contributed by atoms with E-state index in [2.05, 4.69) is 30.4 Å². The summed E-state index contributed by atoms with van der Waals surface area (Å²) in [6.45, 7) is 12.6. The molecular formula is C38H54N6Na3O21S-. The maximum Gasteiger partial charge on any atom is 1.00 e. The number of ether oxygens (including phenoxy) is 7. The molecule has 4 aliphatic rings. The number of carbonyl (C=O) groups is 5. The Hall–Kier alpha value is -1.24. The summed E-state index contributed by atoms with van der Waals surface area (Å²) in [5, 5.41) is 61.3. The van der Waals surface area contributed by atoms with Crippen LogP contribution >= 0.6 is 0 Å². The number of fused-ring (bicyclic) bond motifs is 1. The Kier molecular flexibility index (Phi) is 29.4. The summed E-state index contributed by atoms with van der Waals surface area (Å²) in [6, 6.07) is -1.61. The van der Waals surface area contributed by atoms with Crippen LogP contribution in [-0.4, -0.2) is 212 Å². The van der Waals surface area contributed by atoms with Crippen LogP contribution in [0, 0.1) is 18.8 Å². The predicted molar refractivity (Wildman–Crippen MR) is 213 cm³/mol. The molecule has 0 spiro atoms. The molecule has 27 nitrogen and oxygen atoms in total. The van der Waals surface area contributed by atoms with Crippen LogP contribution in [0.5, 0.6) is 0 Å². The number of Topliss-reactive ketones (excluding diaryl/α,β-unsaturated/α-hetero) is 1. The molecule has 3 amide bonds. The molecule has 6 N–H and O–H groups in total. The van der Waals surface area contributed by atoms with Gasteiger partial charge in [-0.3, -0.25) is 23.8 Å². The van der Waals surface area contributed by atoms with E-state index in [1.54, 1.807) is 6.20 Å². The summed E-state index contributed by atoms with van der Waals surface area (Å²) < 4.78 is 72.7. The number of aliphatic hydroxyl groups is 4. The third-order valence-corrected chi connectivity index (χ3v) is 10.7. The van der Waals surface area contributed by atoms with Gasteiger partial charge in [0.25, 0.3) is 0 Å². The smallest absolute Gasteiger partial charge is 0.726 e. The van der Waals surface area contributed by atoms with Crippen LogP contribution in [-0.2, 0) is 80.6 Å². The minimum absolute atomic E-state index is 0. The SMILES string of the molecule is C=C[C@@H]1O[C@H](C=C)[C@@H]2C(=O)N(CCOCCN(Cc3cn(CCOCCO[C@@H]4OC(C(=O)[O-])[C@@H](O[C@H]5OC([CH2-])[C@@H](O)[C@H](O)C5[NH-])[C@H](O)C4O)nn3)C(=O)CCC(C)=O)C(=O)[C@@H]21.O=S(=O)([O-])O.[Na+].[Na+].[Na+]. The van der Waals surface area contributed by atoms with Crippen LogP contribution in [0.15, 0.2) is 31.5 Å². The summed E-state index contributed by atoms with van der Waals surface area (Å²) in [5.41, 5.74) is 8.46. The first-order valence-corrected chi connectivity index (χ1v) is 21.7. The number of amides is 3. The Morgan fingerprint density at radius 2 is 1.46 bits per heavy atom. The van der Waals surface area contributed by atoms with Gasteiger partial charge in [0, 0.05) is 19.4 Å². The second kappa shape index (κ2) is 30.8. The number of carboxylic acid groups (broad SMARTS) is 1. The van der Waals surface area contributed by atoms with Gasteiger partial charge < -0.3 is 90.4 Å². The van der Waals surface area contributed by atoms with E-state index in [-0.39, 0.29) is 184 Å². The van der Waals surface area contributed by atoms with Gasteiger partial charge in [0.2, 0.25) is 28.1 Å². The second-order valence-corrected chi connectivity index (χ2v) is 16.2. The van der Waals surface area contributed by atoms with E-state index in [0.29, 0.717) is 5.69 Å². The number of rotatable bonds is 23. The number of aliphatic hydroxyl groups excluding tert-OH is 4. The molecule has 4 saturated heterocycles. The summed E-state index contributed by atoms with van der Waals surface area (Å²) >= 11 is 0. The predicted octanol–water partition coefficient (Wildman–Crippen LogP) is -13.9. The van der Waals surface area contributed by atoms with Crippen LogP contribution < -0.4 is 93.8 Å². The summed E-state index contributed by atoms with van der Waals surface area (Å²) in [6.07, 6.45) is -11.8. The van der Waals surface area contributed by atoms with E-state index >= 15 is 0 Å². The zero-order valence-corrected chi connectivity index (χ0v) is 45.4. The molecule has 5 rings (SSSR count). The Morgan fingerprint density at radius 1 is 0.884 bits per heavy atom. The molecule has 0 saturated carbocycles. The zero-order valence-electron chi connectivity index (χ0n) is 38.6. The summed E-state index contributed by atoms with van der Waals surface area (Å²) in [7, 11) is -4.92. The van der Waals surface area contributed by atoms with Crippen LogP contribution in [0.2, 0.25) is 0 Å². The minimum Gasteiger partial charge on any atom is -0.726 e. The first-order chi connectivity index (χ1) is 31.1. The third kappa shape index (κ3) is 18.9. The quantitative estimate of drug-likeness (QED) is 0.0129. The zero-order chi connectivity index (χ0) is 49.0. The molecule has 0 aromatic carbocycles. The van der Waals surface area contributed by atoms with Crippen molar-refractivity contribution in [1.82, 2.24) is 24.8 Å². The Bertz CT molecular complexity index is 1940. The van der Waals surface area contributed by atoms with Crippen LogP contribution in [0.1, 0.15) is 25.5 Å². The van der Waals surface area contributed by atoms with Crippen LogP contribution in [0.4, 0.5) is 0 Å². The molecule has 69 heavy (non-hydrogen) atoms. The molecule has 0 aliphatic carbocycles.